The summed E-state index contributed by atoms with van der Waals surface area (Å²) in [5.74, 6) is 2.14. The van der Waals surface area contributed by atoms with Gasteiger partial charge in [-0.05, 0) is 16.7 Å². The fourth-order valence-corrected chi connectivity index (χ4v) is 3.81. The topological polar surface area (TPSA) is 32.3 Å². The van der Waals surface area contributed by atoms with Crippen LogP contribution in [-0.2, 0) is 5.75 Å². The van der Waals surface area contributed by atoms with Gasteiger partial charge in [-0.1, -0.05) is 54.6 Å². The molecule has 1 heterocycles. The predicted octanol–water partition coefficient (Wildman–Crippen LogP) is 3.30. The Bertz CT molecular complexity index is 558. The molecule has 0 aliphatic carbocycles. The molecule has 2 nitrogen and oxygen atoms in total. The zero-order valence-corrected chi connectivity index (χ0v) is 12.1. The van der Waals surface area contributed by atoms with E-state index in [2.05, 4.69) is 41.7 Å². The van der Waals surface area contributed by atoms with E-state index in [0.717, 1.165) is 17.1 Å². The Kier molecular flexibility index (Phi) is 4.41. The Morgan fingerprint density at radius 3 is 2.65 bits per heavy atom. The average Bonchev–Trinajstić information content (AvgIpc) is 2.53. The Morgan fingerprint density at radius 1 is 1.10 bits per heavy atom. The minimum absolute atomic E-state index is 0.00652. The molecule has 0 spiro atoms. The van der Waals surface area contributed by atoms with E-state index in [1.54, 1.807) is 0 Å². The molecule has 2 aromatic rings. The summed E-state index contributed by atoms with van der Waals surface area (Å²) in [4.78, 5) is 0. The lowest BCUT2D eigenvalue weighted by molar-refractivity contribution is 0.236. The molecule has 0 saturated heterocycles. The number of hydrogen-bond donors (Lipinski definition) is 2. The van der Waals surface area contributed by atoms with Crippen molar-refractivity contribution in [3.63, 3.8) is 0 Å². The first-order valence-electron chi connectivity index (χ1n) is 6.96. The second-order valence-corrected chi connectivity index (χ2v) is 6.11. The van der Waals surface area contributed by atoms with Crippen molar-refractivity contribution in [1.82, 2.24) is 5.32 Å². The van der Waals surface area contributed by atoms with Gasteiger partial charge < -0.3 is 10.4 Å². The van der Waals surface area contributed by atoms with Crippen LogP contribution in [0.2, 0.25) is 0 Å². The average molecular weight is 285 g/mol. The van der Waals surface area contributed by atoms with E-state index in [0.29, 0.717) is 6.04 Å². The normalized spacial score (nSPS) is 19.4. The van der Waals surface area contributed by atoms with Crippen molar-refractivity contribution in [2.45, 2.75) is 17.8 Å². The molecule has 3 rings (SSSR count). The van der Waals surface area contributed by atoms with Crippen molar-refractivity contribution in [3.8, 4) is 0 Å². The zero-order valence-electron chi connectivity index (χ0n) is 11.3. The molecule has 0 radical (unpaired) electrons. The van der Waals surface area contributed by atoms with Crippen LogP contribution in [0, 0.1) is 0 Å². The molecular formula is C17H19NOS. The van der Waals surface area contributed by atoms with Gasteiger partial charge in [-0.25, -0.2) is 0 Å². The predicted molar refractivity (Wildman–Crippen MR) is 84.7 cm³/mol. The molecule has 3 heteroatoms. The highest BCUT2D eigenvalue weighted by atomic mass is 32.2. The third-order valence-corrected chi connectivity index (χ3v) is 4.84. The van der Waals surface area contributed by atoms with Gasteiger partial charge in [0.15, 0.2) is 0 Å². The van der Waals surface area contributed by atoms with E-state index < -0.39 is 0 Å². The number of benzene rings is 2. The van der Waals surface area contributed by atoms with E-state index in [-0.39, 0.29) is 12.6 Å². The first-order valence-corrected chi connectivity index (χ1v) is 8.11. The molecule has 0 bridgehead atoms. The molecule has 1 unspecified atom stereocenters. The molecular weight excluding hydrogens is 266 g/mol. The van der Waals surface area contributed by atoms with Gasteiger partial charge in [0.2, 0.25) is 0 Å². The third-order valence-electron chi connectivity index (χ3n) is 3.76. The number of thioether (sulfide) groups is 1. The van der Waals surface area contributed by atoms with Crippen molar-refractivity contribution in [2.24, 2.45) is 0 Å². The lowest BCUT2D eigenvalue weighted by Crippen LogP contribution is -2.32. The highest BCUT2D eigenvalue weighted by Gasteiger charge is 2.23. The van der Waals surface area contributed by atoms with Crippen molar-refractivity contribution in [1.29, 1.82) is 0 Å². The minimum Gasteiger partial charge on any atom is -0.394 e. The number of fused-ring (bicyclic) bond motifs is 1. The molecule has 104 valence electrons. The highest BCUT2D eigenvalue weighted by molar-refractivity contribution is 7.98. The lowest BCUT2D eigenvalue weighted by Gasteiger charge is -2.30. The fraction of sp³-hybridized carbons (Fsp3) is 0.294. The molecule has 2 aromatic carbocycles. The van der Waals surface area contributed by atoms with Gasteiger partial charge in [-0.3, -0.25) is 0 Å². The summed E-state index contributed by atoms with van der Waals surface area (Å²) >= 11 is 1.95. The molecule has 20 heavy (non-hydrogen) atoms. The SMILES string of the molecule is OC[C@@H](NC1CSCc2ccccc21)c1ccccc1. The Balaban J connectivity index is 1.81. The number of rotatable bonds is 4. The summed E-state index contributed by atoms with van der Waals surface area (Å²) in [7, 11) is 0. The van der Waals surface area contributed by atoms with Crippen LogP contribution in [0.1, 0.15) is 28.8 Å². The van der Waals surface area contributed by atoms with Crippen LogP contribution in [0.15, 0.2) is 54.6 Å². The fourth-order valence-electron chi connectivity index (χ4n) is 2.70. The molecule has 0 amide bonds. The van der Waals surface area contributed by atoms with Crippen LogP contribution in [0.25, 0.3) is 0 Å². The van der Waals surface area contributed by atoms with Crippen molar-refractivity contribution >= 4 is 11.8 Å². The number of nitrogens with one attached hydrogen (secondary N) is 1. The quantitative estimate of drug-likeness (QED) is 0.904. The maximum absolute atomic E-state index is 9.69. The van der Waals surface area contributed by atoms with Crippen LogP contribution >= 0.6 is 11.8 Å². The van der Waals surface area contributed by atoms with Crippen LogP contribution in [0.4, 0.5) is 0 Å². The molecule has 1 aliphatic rings. The third kappa shape index (κ3) is 2.90. The number of hydrogen-bond acceptors (Lipinski definition) is 3. The van der Waals surface area contributed by atoms with Crippen LogP contribution in [0.3, 0.4) is 0 Å². The van der Waals surface area contributed by atoms with Gasteiger partial charge in [0.25, 0.3) is 0 Å². The summed E-state index contributed by atoms with van der Waals surface area (Å²) in [5, 5.41) is 13.3. The van der Waals surface area contributed by atoms with E-state index in [1.807, 2.05) is 30.0 Å². The minimum atomic E-state index is -0.00652. The van der Waals surface area contributed by atoms with E-state index in [9.17, 15) is 5.11 Å². The van der Waals surface area contributed by atoms with E-state index in [4.69, 9.17) is 0 Å². The molecule has 0 saturated carbocycles. The van der Waals surface area contributed by atoms with Crippen molar-refractivity contribution < 1.29 is 5.11 Å². The van der Waals surface area contributed by atoms with Gasteiger partial charge in [-0.15, -0.1) is 0 Å². The molecule has 2 N–H and O–H groups in total. The molecule has 2 atom stereocenters. The standard InChI is InChI=1S/C17H19NOS/c19-10-16(13-6-2-1-3-7-13)18-17-12-20-11-14-8-4-5-9-15(14)17/h1-9,16-19H,10-12H2/t16-,17?/m1/s1. The highest BCUT2D eigenvalue weighted by Crippen LogP contribution is 2.33. The first kappa shape index (κ1) is 13.7. The maximum atomic E-state index is 9.69. The summed E-state index contributed by atoms with van der Waals surface area (Å²) in [6.45, 7) is 0.118. The smallest absolute Gasteiger partial charge is 0.0626 e. The second-order valence-electron chi connectivity index (χ2n) is 5.08. The maximum Gasteiger partial charge on any atom is 0.0626 e. The van der Waals surface area contributed by atoms with Gasteiger partial charge >= 0.3 is 0 Å². The summed E-state index contributed by atoms with van der Waals surface area (Å²) in [6.07, 6.45) is 0. The Morgan fingerprint density at radius 2 is 1.85 bits per heavy atom. The molecule has 0 aromatic heterocycles. The van der Waals surface area contributed by atoms with Crippen LogP contribution in [-0.4, -0.2) is 17.5 Å². The van der Waals surface area contributed by atoms with Crippen molar-refractivity contribution in [2.75, 3.05) is 12.4 Å². The van der Waals surface area contributed by atoms with Gasteiger partial charge in [0, 0.05) is 17.5 Å². The van der Waals surface area contributed by atoms with Gasteiger partial charge in [-0.2, -0.15) is 11.8 Å². The summed E-state index contributed by atoms with van der Waals surface area (Å²) < 4.78 is 0. The Labute approximate surface area is 124 Å². The Hall–Kier alpha value is -1.29. The van der Waals surface area contributed by atoms with Crippen LogP contribution < -0.4 is 5.32 Å². The monoisotopic (exact) mass is 285 g/mol. The number of aliphatic hydroxyl groups excluding tert-OH is 1. The van der Waals surface area contributed by atoms with Gasteiger partial charge in [0.05, 0.1) is 12.6 Å². The van der Waals surface area contributed by atoms with Gasteiger partial charge in [0.1, 0.15) is 0 Å². The van der Waals surface area contributed by atoms with E-state index in [1.165, 1.54) is 11.1 Å². The summed E-state index contributed by atoms with van der Waals surface area (Å²) in [6, 6.07) is 19.1. The first-order chi connectivity index (χ1) is 9.88. The molecule has 0 fully saturated rings. The van der Waals surface area contributed by atoms with E-state index >= 15 is 0 Å². The van der Waals surface area contributed by atoms with Crippen molar-refractivity contribution in [3.05, 3.63) is 71.3 Å². The number of aliphatic hydroxyl groups is 1. The lowest BCUT2D eigenvalue weighted by atomic mass is 9.99. The second kappa shape index (κ2) is 6.44. The van der Waals surface area contributed by atoms with Crippen LogP contribution in [0.5, 0.6) is 0 Å². The molecule has 1 aliphatic heterocycles. The summed E-state index contributed by atoms with van der Waals surface area (Å²) in [5.41, 5.74) is 3.93. The zero-order chi connectivity index (χ0) is 13.8. The largest absolute Gasteiger partial charge is 0.394 e.